The van der Waals surface area contributed by atoms with Crippen LogP contribution in [0.15, 0.2) is 24.3 Å². The van der Waals surface area contributed by atoms with Gasteiger partial charge in [-0.1, -0.05) is 24.3 Å². The maximum absolute atomic E-state index is 10.8. The lowest BCUT2D eigenvalue weighted by molar-refractivity contribution is 0.240. The fourth-order valence-electron chi connectivity index (χ4n) is 1.81. The number of nitrogens with one attached hydrogen (secondary N) is 2. The molecule has 0 heterocycles. The Kier molecular flexibility index (Phi) is 2.37. The number of benzene rings is 1. The van der Waals surface area contributed by atoms with Crippen LogP contribution < -0.4 is 16.6 Å². The predicted molar refractivity (Wildman–Crippen MR) is 53.6 cm³/mol. The van der Waals surface area contributed by atoms with Crippen LogP contribution in [0.2, 0.25) is 0 Å². The summed E-state index contributed by atoms with van der Waals surface area (Å²) in [7, 11) is 0. The summed E-state index contributed by atoms with van der Waals surface area (Å²) in [4.78, 5) is 10.8. The molecule has 4 nitrogen and oxygen atoms in total. The highest BCUT2D eigenvalue weighted by Gasteiger charge is 2.25. The minimum Gasteiger partial charge on any atom is -0.336 e. The van der Waals surface area contributed by atoms with Gasteiger partial charge in [-0.05, 0) is 17.5 Å². The summed E-state index contributed by atoms with van der Waals surface area (Å²) in [5.74, 6) is 5.40. The van der Waals surface area contributed by atoms with E-state index >= 15 is 0 Å². The molecular weight excluding hydrogens is 178 g/mol. The molecule has 1 aliphatic carbocycles. The number of hydrogen-bond acceptors (Lipinski definition) is 2. The van der Waals surface area contributed by atoms with E-state index < -0.39 is 0 Å². The molecule has 2 amide bonds. The van der Waals surface area contributed by atoms with Crippen LogP contribution in [0.3, 0.4) is 0 Å². The van der Waals surface area contributed by atoms with Gasteiger partial charge in [0.25, 0.3) is 0 Å². The summed E-state index contributed by atoms with van der Waals surface area (Å²) in [6.45, 7) is 0.653. The molecule has 2 rings (SSSR count). The monoisotopic (exact) mass is 191 g/mol. The Labute approximate surface area is 82.5 Å². The summed E-state index contributed by atoms with van der Waals surface area (Å²) in [6, 6.07) is 7.96. The van der Waals surface area contributed by atoms with Gasteiger partial charge in [-0.25, -0.2) is 10.6 Å². The smallest absolute Gasteiger partial charge is 0.328 e. The number of hydrazine groups is 1. The van der Waals surface area contributed by atoms with Crippen LogP contribution in [0.1, 0.15) is 17.0 Å². The van der Waals surface area contributed by atoms with Crippen LogP contribution in [0.4, 0.5) is 4.79 Å². The fraction of sp³-hybridized carbons (Fsp3) is 0.300. The Morgan fingerprint density at radius 1 is 1.50 bits per heavy atom. The van der Waals surface area contributed by atoms with Crippen LogP contribution in [-0.4, -0.2) is 12.6 Å². The fourth-order valence-corrected chi connectivity index (χ4v) is 1.81. The van der Waals surface area contributed by atoms with Crippen molar-refractivity contribution in [3.05, 3.63) is 35.4 Å². The molecule has 1 aromatic rings. The molecule has 14 heavy (non-hydrogen) atoms. The number of hydrogen-bond donors (Lipinski definition) is 3. The molecule has 1 aliphatic rings. The SMILES string of the molecule is NNC(=O)NCC1Cc2ccccc21. The molecule has 0 saturated heterocycles. The topological polar surface area (TPSA) is 67.1 Å². The first-order chi connectivity index (χ1) is 6.81. The maximum atomic E-state index is 10.8. The minimum atomic E-state index is -0.325. The quantitative estimate of drug-likeness (QED) is 0.362. The van der Waals surface area contributed by atoms with E-state index in [-0.39, 0.29) is 6.03 Å². The Balaban J connectivity index is 1.90. The zero-order valence-electron chi connectivity index (χ0n) is 7.79. The number of fused-ring (bicyclic) bond motifs is 1. The molecule has 74 valence electrons. The van der Waals surface area contributed by atoms with Crippen molar-refractivity contribution in [2.24, 2.45) is 5.84 Å². The summed E-state index contributed by atoms with van der Waals surface area (Å²) < 4.78 is 0. The van der Waals surface area contributed by atoms with Gasteiger partial charge in [0.1, 0.15) is 0 Å². The summed E-state index contributed by atoms with van der Waals surface area (Å²) in [5, 5.41) is 2.70. The summed E-state index contributed by atoms with van der Waals surface area (Å²) in [6.07, 6.45) is 1.04. The first kappa shape index (κ1) is 9.02. The van der Waals surface area contributed by atoms with Gasteiger partial charge in [0, 0.05) is 12.5 Å². The Morgan fingerprint density at radius 3 is 3.00 bits per heavy atom. The third-order valence-electron chi connectivity index (χ3n) is 2.60. The Hall–Kier alpha value is -1.55. The van der Waals surface area contributed by atoms with Crippen LogP contribution >= 0.6 is 0 Å². The molecule has 0 radical (unpaired) electrons. The summed E-state index contributed by atoms with van der Waals surface area (Å²) >= 11 is 0. The standard InChI is InChI=1S/C10H13N3O/c11-13-10(14)12-6-8-5-7-3-1-2-4-9(7)8/h1-4,8H,5-6,11H2,(H2,12,13,14). The van der Waals surface area contributed by atoms with Crippen LogP contribution in [0.5, 0.6) is 0 Å². The first-order valence-electron chi connectivity index (χ1n) is 4.63. The first-order valence-corrected chi connectivity index (χ1v) is 4.63. The summed E-state index contributed by atoms with van der Waals surface area (Å²) in [5.41, 5.74) is 4.76. The van der Waals surface area contributed by atoms with Crippen molar-refractivity contribution in [1.29, 1.82) is 0 Å². The van der Waals surface area contributed by atoms with E-state index in [0.717, 1.165) is 6.42 Å². The number of amides is 2. The van der Waals surface area contributed by atoms with Crippen molar-refractivity contribution in [2.75, 3.05) is 6.54 Å². The number of carbonyl (C=O) groups is 1. The lowest BCUT2D eigenvalue weighted by Gasteiger charge is -2.29. The van der Waals surface area contributed by atoms with Gasteiger partial charge < -0.3 is 5.32 Å². The Bertz CT molecular complexity index is 351. The third-order valence-corrected chi connectivity index (χ3v) is 2.60. The molecule has 1 unspecified atom stereocenters. The molecule has 4 heteroatoms. The van der Waals surface area contributed by atoms with Gasteiger partial charge in [0.2, 0.25) is 0 Å². The zero-order valence-corrected chi connectivity index (χ0v) is 7.79. The average molecular weight is 191 g/mol. The van der Waals surface area contributed by atoms with Gasteiger partial charge in [0.15, 0.2) is 0 Å². The normalized spacial score (nSPS) is 17.9. The average Bonchev–Trinajstić information content (AvgIpc) is 2.19. The van der Waals surface area contributed by atoms with Gasteiger partial charge in [0.05, 0.1) is 0 Å². The largest absolute Gasteiger partial charge is 0.336 e. The number of urea groups is 1. The van der Waals surface area contributed by atoms with Crippen molar-refractivity contribution in [1.82, 2.24) is 10.7 Å². The van der Waals surface area contributed by atoms with Crippen LogP contribution in [0, 0.1) is 0 Å². The van der Waals surface area contributed by atoms with E-state index in [2.05, 4.69) is 17.4 Å². The number of rotatable bonds is 2. The van der Waals surface area contributed by atoms with Gasteiger partial charge >= 0.3 is 6.03 Å². The zero-order chi connectivity index (χ0) is 9.97. The predicted octanol–water partition coefficient (Wildman–Crippen LogP) is 0.499. The van der Waals surface area contributed by atoms with Crippen molar-refractivity contribution < 1.29 is 4.79 Å². The second kappa shape index (κ2) is 3.67. The second-order valence-electron chi connectivity index (χ2n) is 3.45. The van der Waals surface area contributed by atoms with E-state index in [0.29, 0.717) is 12.5 Å². The molecule has 1 atom stereocenters. The van der Waals surface area contributed by atoms with E-state index in [9.17, 15) is 4.79 Å². The lowest BCUT2D eigenvalue weighted by atomic mass is 9.78. The molecule has 0 aliphatic heterocycles. The number of carbonyl (C=O) groups excluding carboxylic acids is 1. The molecule has 4 N–H and O–H groups in total. The molecule has 0 aromatic heterocycles. The van der Waals surface area contributed by atoms with Crippen molar-refractivity contribution >= 4 is 6.03 Å². The third kappa shape index (κ3) is 1.56. The highest BCUT2D eigenvalue weighted by molar-refractivity contribution is 5.73. The van der Waals surface area contributed by atoms with Crippen LogP contribution in [0.25, 0.3) is 0 Å². The molecular formula is C10H13N3O. The van der Waals surface area contributed by atoms with E-state index in [1.165, 1.54) is 11.1 Å². The number of nitrogens with two attached hydrogens (primary N) is 1. The Morgan fingerprint density at radius 2 is 2.29 bits per heavy atom. The van der Waals surface area contributed by atoms with Crippen molar-refractivity contribution in [3.8, 4) is 0 Å². The van der Waals surface area contributed by atoms with Gasteiger partial charge in [-0.3, -0.25) is 5.43 Å². The van der Waals surface area contributed by atoms with Gasteiger partial charge in [-0.2, -0.15) is 0 Å². The lowest BCUT2D eigenvalue weighted by Crippen LogP contribution is -2.42. The van der Waals surface area contributed by atoms with E-state index in [4.69, 9.17) is 5.84 Å². The van der Waals surface area contributed by atoms with Gasteiger partial charge in [-0.15, -0.1) is 0 Å². The molecule has 0 spiro atoms. The molecule has 1 aromatic carbocycles. The highest BCUT2D eigenvalue weighted by atomic mass is 16.2. The van der Waals surface area contributed by atoms with E-state index in [1.54, 1.807) is 0 Å². The maximum Gasteiger partial charge on any atom is 0.328 e. The van der Waals surface area contributed by atoms with E-state index in [1.807, 2.05) is 17.6 Å². The van der Waals surface area contributed by atoms with Crippen LogP contribution in [-0.2, 0) is 6.42 Å². The second-order valence-corrected chi connectivity index (χ2v) is 3.45. The molecule has 0 saturated carbocycles. The van der Waals surface area contributed by atoms with Crippen molar-refractivity contribution in [3.63, 3.8) is 0 Å². The highest BCUT2D eigenvalue weighted by Crippen LogP contribution is 2.33. The molecule has 0 bridgehead atoms. The van der Waals surface area contributed by atoms with Crippen molar-refractivity contribution in [2.45, 2.75) is 12.3 Å². The molecule has 0 fully saturated rings. The minimum absolute atomic E-state index is 0.325.